The third kappa shape index (κ3) is 9.87. The van der Waals surface area contributed by atoms with Crippen molar-refractivity contribution in [1.82, 2.24) is 0 Å². The van der Waals surface area contributed by atoms with E-state index in [9.17, 15) is 9.59 Å². The molecule has 1 rings (SSSR count). The fourth-order valence-corrected chi connectivity index (χ4v) is 1.59. The summed E-state index contributed by atoms with van der Waals surface area (Å²) in [5.41, 5.74) is 16.7. The Morgan fingerprint density at radius 3 is 1.95 bits per heavy atom. The molecule has 124 valence electrons. The van der Waals surface area contributed by atoms with Crippen LogP contribution in [0.4, 0.5) is 0 Å². The molecule has 0 saturated carbocycles. The minimum absolute atomic E-state index is 0.385. The van der Waals surface area contributed by atoms with Gasteiger partial charge in [-0.15, -0.1) is 0 Å². The highest BCUT2D eigenvalue weighted by Gasteiger charge is 2.11. The first kappa shape index (κ1) is 20.0. The van der Waals surface area contributed by atoms with E-state index in [1.165, 1.54) is 0 Å². The van der Waals surface area contributed by atoms with E-state index in [2.05, 4.69) is 0 Å². The van der Waals surface area contributed by atoms with E-state index in [1.54, 1.807) is 0 Å². The Morgan fingerprint density at radius 1 is 0.955 bits per heavy atom. The van der Waals surface area contributed by atoms with E-state index in [1.807, 2.05) is 30.3 Å². The van der Waals surface area contributed by atoms with E-state index in [4.69, 9.17) is 27.4 Å². The van der Waals surface area contributed by atoms with Gasteiger partial charge in [-0.05, 0) is 31.4 Å². The number of nitrogens with two attached hydrogens (primary N) is 3. The molecule has 0 aliphatic rings. The van der Waals surface area contributed by atoms with Gasteiger partial charge in [0.2, 0.25) is 0 Å². The quantitative estimate of drug-likeness (QED) is 0.429. The fourth-order valence-electron chi connectivity index (χ4n) is 1.59. The Morgan fingerprint density at radius 2 is 1.50 bits per heavy atom. The van der Waals surface area contributed by atoms with Gasteiger partial charge in [0.15, 0.2) is 0 Å². The van der Waals surface area contributed by atoms with Crippen molar-refractivity contribution < 1.29 is 19.8 Å². The van der Waals surface area contributed by atoms with Crippen molar-refractivity contribution in [1.29, 1.82) is 0 Å². The number of rotatable bonds is 8. The number of hydrogen-bond acceptors (Lipinski definition) is 5. The lowest BCUT2D eigenvalue weighted by Gasteiger charge is -2.04. The highest BCUT2D eigenvalue weighted by molar-refractivity contribution is 5.73. The average Bonchev–Trinajstić information content (AvgIpc) is 2.48. The third-order valence-corrected chi connectivity index (χ3v) is 2.90. The lowest BCUT2D eigenvalue weighted by atomic mass is 10.1. The van der Waals surface area contributed by atoms with Crippen molar-refractivity contribution in [3.63, 3.8) is 0 Å². The molecule has 1 aromatic rings. The maximum atomic E-state index is 10.4. The number of carbonyl (C=O) groups is 2. The van der Waals surface area contributed by atoms with Crippen molar-refractivity contribution in [3.05, 3.63) is 35.9 Å². The zero-order valence-corrected chi connectivity index (χ0v) is 12.5. The van der Waals surface area contributed by atoms with E-state index in [0.29, 0.717) is 19.4 Å². The van der Waals surface area contributed by atoms with Gasteiger partial charge in [0, 0.05) is 0 Å². The van der Waals surface area contributed by atoms with Crippen LogP contribution in [0.5, 0.6) is 0 Å². The van der Waals surface area contributed by atoms with Crippen LogP contribution in [-0.4, -0.2) is 40.8 Å². The van der Waals surface area contributed by atoms with Crippen LogP contribution in [0.2, 0.25) is 0 Å². The summed E-state index contributed by atoms with van der Waals surface area (Å²) in [6, 6.07) is 7.83. The molecular formula is C15H25N3O4. The topological polar surface area (TPSA) is 153 Å². The minimum atomic E-state index is -0.959. The molecule has 0 bridgehead atoms. The Kier molecular flexibility index (Phi) is 10.6. The molecule has 1 aromatic carbocycles. The molecule has 0 saturated heterocycles. The summed E-state index contributed by atoms with van der Waals surface area (Å²) in [6.07, 6.45) is 2.55. The molecule has 7 nitrogen and oxygen atoms in total. The van der Waals surface area contributed by atoms with Crippen molar-refractivity contribution in [2.45, 2.75) is 37.8 Å². The Bertz CT molecular complexity index is 440. The van der Waals surface area contributed by atoms with E-state index >= 15 is 0 Å². The standard InChI is InChI=1S/C9H11NO2.C6H14N2O2/c10-8(9(11)12)6-7-4-2-1-3-5-7;7-4-2-1-3-5(8)6(9)10/h1-5,8H,6,10H2,(H,11,12);5H,1-4,7-8H2,(H,9,10)/t8-;5-/m00/s1. The van der Waals surface area contributed by atoms with Gasteiger partial charge >= 0.3 is 11.9 Å². The van der Waals surface area contributed by atoms with Crippen molar-refractivity contribution in [2.24, 2.45) is 17.2 Å². The second-order valence-corrected chi connectivity index (χ2v) is 4.86. The van der Waals surface area contributed by atoms with Crippen LogP contribution < -0.4 is 17.2 Å². The van der Waals surface area contributed by atoms with Gasteiger partial charge in [-0.2, -0.15) is 0 Å². The number of aliphatic carboxylic acids is 2. The molecule has 0 unspecified atom stereocenters. The maximum absolute atomic E-state index is 10.4. The molecule has 8 N–H and O–H groups in total. The molecule has 0 aliphatic carbocycles. The van der Waals surface area contributed by atoms with Gasteiger partial charge in [0.05, 0.1) is 0 Å². The molecule has 0 heterocycles. The predicted molar refractivity (Wildman–Crippen MR) is 84.3 cm³/mol. The summed E-state index contributed by atoms with van der Waals surface area (Å²) < 4.78 is 0. The van der Waals surface area contributed by atoms with Crippen LogP contribution in [0.3, 0.4) is 0 Å². The normalized spacial score (nSPS) is 12.7. The first-order valence-corrected chi connectivity index (χ1v) is 7.09. The Labute approximate surface area is 130 Å². The van der Waals surface area contributed by atoms with E-state index in [-0.39, 0.29) is 0 Å². The molecule has 0 radical (unpaired) electrons. The molecule has 0 spiro atoms. The number of hydrogen-bond donors (Lipinski definition) is 5. The molecule has 0 aromatic heterocycles. The zero-order chi connectivity index (χ0) is 17.0. The summed E-state index contributed by atoms with van der Waals surface area (Å²) in [5.74, 6) is -1.89. The fraction of sp³-hybridized carbons (Fsp3) is 0.467. The second kappa shape index (κ2) is 11.7. The minimum Gasteiger partial charge on any atom is -0.480 e. The molecule has 0 aliphatic heterocycles. The largest absolute Gasteiger partial charge is 0.480 e. The number of carboxylic acids is 2. The van der Waals surface area contributed by atoms with Crippen LogP contribution in [0, 0.1) is 0 Å². The first-order chi connectivity index (χ1) is 10.4. The van der Waals surface area contributed by atoms with Crippen LogP contribution in [0.1, 0.15) is 24.8 Å². The predicted octanol–water partition coefficient (Wildman–Crippen LogP) is 0.168. The highest BCUT2D eigenvalue weighted by atomic mass is 16.4. The van der Waals surface area contributed by atoms with Crippen molar-refractivity contribution in [2.75, 3.05) is 6.54 Å². The van der Waals surface area contributed by atoms with Gasteiger partial charge in [-0.1, -0.05) is 36.8 Å². The molecule has 2 atom stereocenters. The third-order valence-electron chi connectivity index (χ3n) is 2.90. The summed E-state index contributed by atoms with van der Waals surface area (Å²) in [4.78, 5) is 20.5. The highest BCUT2D eigenvalue weighted by Crippen LogP contribution is 2.01. The SMILES string of the molecule is NCCCC[C@H](N)C(=O)O.N[C@@H](Cc1ccccc1)C(=O)O. The molecule has 7 heteroatoms. The van der Waals surface area contributed by atoms with Gasteiger partial charge in [-0.3, -0.25) is 9.59 Å². The zero-order valence-electron chi connectivity index (χ0n) is 12.5. The second-order valence-electron chi connectivity index (χ2n) is 4.86. The number of benzene rings is 1. The van der Waals surface area contributed by atoms with Gasteiger partial charge in [0.25, 0.3) is 0 Å². The van der Waals surface area contributed by atoms with Crippen molar-refractivity contribution >= 4 is 11.9 Å². The van der Waals surface area contributed by atoms with E-state index < -0.39 is 24.0 Å². The maximum Gasteiger partial charge on any atom is 0.320 e. The summed E-state index contributed by atoms with van der Waals surface area (Å²) in [7, 11) is 0. The monoisotopic (exact) mass is 311 g/mol. The molecule has 0 amide bonds. The number of unbranched alkanes of at least 4 members (excludes halogenated alkanes) is 1. The molecule has 0 fully saturated rings. The number of carboxylic acid groups (broad SMARTS) is 2. The van der Waals surface area contributed by atoms with Crippen molar-refractivity contribution in [3.8, 4) is 0 Å². The van der Waals surface area contributed by atoms with Gasteiger partial charge in [0.1, 0.15) is 12.1 Å². The average molecular weight is 311 g/mol. The summed E-state index contributed by atoms with van der Waals surface area (Å²) in [5, 5.41) is 16.8. The first-order valence-electron chi connectivity index (χ1n) is 7.09. The van der Waals surface area contributed by atoms with E-state index in [0.717, 1.165) is 18.4 Å². The molecule has 22 heavy (non-hydrogen) atoms. The van der Waals surface area contributed by atoms with Gasteiger partial charge < -0.3 is 27.4 Å². The summed E-state index contributed by atoms with van der Waals surface area (Å²) in [6.45, 7) is 0.604. The van der Waals surface area contributed by atoms with Gasteiger partial charge in [-0.25, -0.2) is 0 Å². The molecular weight excluding hydrogens is 286 g/mol. The Hall–Kier alpha value is -1.96. The lowest BCUT2D eigenvalue weighted by molar-refractivity contribution is -0.139. The van der Waals surface area contributed by atoms with Crippen LogP contribution in [0.25, 0.3) is 0 Å². The Balaban J connectivity index is 0.000000409. The summed E-state index contributed by atoms with van der Waals surface area (Å²) >= 11 is 0. The van der Waals surface area contributed by atoms with Crippen LogP contribution in [0.15, 0.2) is 30.3 Å². The lowest BCUT2D eigenvalue weighted by Crippen LogP contribution is -2.32. The smallest absolute Gasteiger partial charge is 0.320 e. The van der Waals surface area contributed by atoms with Crippen LogP contribution in [-0.2, 0) is 16.0 Å². The van der Waals surface area contributed by atoms with Crippen LogP contribution >= 0.6 is 0 Å².